The highest BCUT2D eigenvalue weighted by Crippen LogP contribution is 2.15. The van der Waals surface area contributed by atoms with Crippen LogP contribution in [0.25, 0.3) is 0 Å². The molecule has 0 amide bonds. The maximum atomic E-state index is 5.95. The van der Waals surface area contributed by atoms with Gasteiger partial charge >= 0.3 is 0 Å². The summed E-state index contributed by atoms with van der Waals surface area (Å²) in [5.41, 5.74) is 9.06. The number of anilines is 1. The van der Waals surface area contributed by atoms with Crippen molar-refractivity contribution >= 4 is 11.6 Å². The van der Waals surface area contributed by atoms with Crippen LogP contribution >= 0.6 is 0 Å². The summed E-state index contributed by atoms with van der Waals surface area (Å²) in [6.45, 7) is 5.05. The van der Waals surface area contributed by atoms with E-state index in [1.54, 1.807) is 6.20 Å². The average Bonchev–Trinajstić information content (AvgIpc) is 2.54. The molecule has 5 nitrogen and oxygen atoms in total. The molecule has 0 radical (unpaired) electrons. The summed E-state index contributed by atoms with van der Waals surface area (Å²) in [5.74, 6) is 0.981. The van der Waals surface area contributed by atoms with Gasteiger partial charge in [0.2, 0.25) is 5.88 Å². The lowest BCUT2D eigenvalue weighted by molar-refractivity contribution is 0.323. The number of guanidine groups is 1. The molecule has 0 aliphatic rings. The van der Waals surface area contributed by atoms with E-state index in [1.807, 2.05) is 31.2 Å². The summed E-state index contributed by atoms with van der Waals surface area (Å²) >= 11 is 0. The van der Waals surface area contributed by atoms with Crippen LogP contribution in [0, 0.1) is 0 Å². The first-order chi connectivity index (χ1) is 10.7. The van der Waals surface area contributed by atoms with Gasteiger partial charge in [0.05, 0.1) is 13.2 Å². The van der Waals surface area contributed by atoms with Gasteiger partial charge in [-0.15, -0.1) is 0 Å². The molecule has 0 fully saturated rings. The van der Waals surface area contributed by atoms with Crippen molar-refractivity contribution in [1.29, 1.82) is 0 Å². The van der Waals surface area contributed by atoms with Crippen molar-refractivity contribution in [1.82, 2.24) is 4.98 Å². The molecular formula is C17H22N4O. The molecule has 0 atom stereocenters. The lowest BCUT2D eigenvalue weighted by atomic mass is 10.1. The number of pyridine rings is 1. The highest BCUT2D eigenvalue weighted by atomic mass is 16.5. The van der Waals surface area contributed by atoms with Crippen molar-refractivity contribution in [3.05, 3.63) is 53.7 Å². The lowest BCUT2D eigenvalue weighted by Crippen LogP contribution is -2.22. The van der Waals surface area contributed by atoms with Gasteiger partial charge in [0.1, 0.15) is 0 Å². The summed E-state index contributed by atoms with van der Waals surface area (Å²) < 4.78 is 5.48. The molecular weight excluding hydrogens is 276 g/mol. The summed E-state index contributed by atoms with van der Waals surface area (Å²) in [5, 5.41) is 3.10. The molecule has 22 heavy (non-hydrogen) atoms. The van der Waals surface area contributed by atoms with Crippen LogP contribution in [-0.4, -0.2) is 17.6 Å². The smallest absolute Gasteiger partial charge is 0.218 e. The average molecular weight is 298 g/mol. The molecule has 1 aromatic carbocycles. The van der Waals surface area contributed by atoms with Gasteiger partial charge in [-0.3, -0.25) is 0 Å². The Balaban J connectivity index is 2.03. The first-order valence-electron chi connectivity index (χ1n) is 7.45. The molecule has 1 aromatic heterocycles. The van der Waals surface area contributed by atoms with Crippen LogP contribution in [0.4, 0.5) is 5.69 Å². The zero-order valence-electron chi connectivity index (χ0n) is 13.0. The van der Waals surface area contributed by atoms with Crippen molar-refractivity contribution in [2.45, 2.75) is 26.8 Å². The van der Waals surface area contributed by atoms with Crippen LogP contribution < -0.4 is 15.8 Å². The van der Waals surface area contributed by atoms with Gasteiger partial charge in [-0.1, -0.05) is 25.1 Å². The molecule has 0 bridgehead atoms. The van der Waals surface area contributed by atoms with Gasteiger partial charge < -0.3 is 15.8 Å². The Labute approximate surface area is 131 Å². The summed E-state index contributed by atoms with van der Waals surface area (Å²) in [6.07, 6.45) is 2.69. The fourth-order valence-electron chi connectivity index (χ4n) is 2.04. The highest BCUT2D eigenvalue weighted by molar-refractivity contribution is 5.92. The fourth-order valence-corrected chi connectivity index (χ4v) is 2.04. The highest BCUT2D eigenvalue weighted by Gasteiger charge is 2.03. The Morgan fingerprint density at radius 3 is 2.91 bits per heavy atom. The van der Waals surface area contributed by atoms with E-state index in [1.165, 1.54) is 5.56 Å². The predicted octanol–water partition coefficient (Wildman–Crippen LogP) is 2.97. The van der Waals surface area contributed by atoms with E-state index in [4.69, 9.17) is 10.5 Å². The third kappa shape index (κ3) is 4.48. The van der Waals surface area contributed by atoms with Crippen LogP contribution in [0.5, 0.6) is 5.88 Å². The first kappa shape index (κ1) is 15.8. The summed E-state index contributed by atoms with van der Waals surface area (Å²) in [4.78, 5) is 8.55. The topological polar surface area (TPSA) is 72.5 Å². The summed E-state index contributed by atoms with van der Waals surface area (Å²) in [6, 6.07) is 11.9. The van der Waals surface area contributed by atoms with Gasteiger partial charge in [-0.05, 0) is 37.1 Å². The Hall–Kier alpha value is -2.56. The molecule has 0 aliphatic heterocycles. The number of rotatable bonds is 6. The van der Waals surface area contributed by atoms with Gasteiger partial charge in [-0.25, -0.2) is 9.98 Å². The second kappa shape index (κ2) is 8.02. The molecule has 2 rings (SSSR count). The molecule has 0 unspecified atom stereocenters. The first-order valence-corrected chi connectivity index (χ1v) is 7.45. The van der Waals surface area contributed by atoms with Crippen molar-refractivity contribution in [2.24, 2.45) is 10.7 Å². The van der Waals surface area contributed by atoms with Crippen molar-refractivity contribution < 1.29 is 4.74 Å². The molecule has 3 N–H and O–H groups in total. The number of aromatic nitrogens is 1. The number of hydrogen-bond donors (Lipinski definition) is 2. The minimum absolute atomic E-state index is 0.375. The largest absolute Gasteiger partial charge is 0.478 e. The normalized spacial score (nSPS) is 11.3. The molecule has 5 heteroatoms. The Morgan fingerprint density at radius 1 is 1.27 bits per heavy atom. The van der Waals surface area contributed by atoms with Crippen LogP contribution in [0.15, 0.2) is 47.6 Å². The quantitative estimate of drug-likeness (QED) is 0.635. The SMILES string of the molecule is CCOc1ncccc1CN=C(N)Nc1cccc(CC)c1. The van der Waals surface area contributed by atoms with E-state index in [9.17, 15) is 0 Å². The van der Waals surface area contributed by atoms with Gasteiger partial charge in [0.25, 0.3) is 0 Å². The number of aliphatic imine (C=N–C) groups is 1. The number of nitrogens with two attached hydrogens (primary N) is 1. The standard InChI is InChI=1S/C17H22N4O/c1-3-13-7-5-9-15(11-13)21-17(18)20-12-14-8-6-10-19-16(14)22-4-2/h5-11H,3-4,12H2,1-2H3,(H3,18,20,21). The molecule has 0 spiro atoms. The van der Waals surface area contributed by atoms with E-state index in [0.717, 1.165) is 17.7 Å². The second-order valence-corrected chi connectivity index (χ2v) is 4.78. The molecule has 116 valence electrons. The minimum atomic E-state index is 0.375. The maximum absolute atomic E-state index is 5.95. The number of benzene rings is 1. The third-order valence-electron chi connectivity index (χ3n) is 3.16. The maximum Gasteiger partial charge on any atom is 0.218 e. The molecule has 0 aliphatic carbocycles. The number of ether oxygens (including phenoxy) is 1. The van der Waals surface area contributed by atoms with E-state index in [0.29, 0.717) is 25.0 Å². The number of nitrogens with zero attached hydrogens (tertiary/aromatic N) is 2. The van der Waals surface area contributed by atoms with E-state index < -0.39 is 0 Å². The Bertz CT molecular complexity index is 640. The van der Waals surface area contributed by atoms with Gasteiger partial charge in [0.15, 0.2) is 5.96 Å². The number of aryl methyl sites for hydroxylation is 1. The Morgan fingerprint density at radius 2 is 2.14 bits per heavy atom. The molecule has 0 saturated heterocycles. The van der Waals surface area contributed by atoms with Crippen LogP contribution in [0.2, 0.25) is 0 Å². The zero-order valence-corrected chi connectivity index (χ0v) is 13.0. The zero-order chi connectivity index (χ0) is 15.8. The lowest BCUT2D eigenvalue weighted by Gasteiger charge is -2.09. The van der Waals surface area contributed by atoms with Crippen LogP contribution in [-0.2, 0) is 13.0 Å². The monoisotopic (exact) mass is 298 g/mol. The Kier molecular flexibility index (Phi) is 5.77. The molecule has 1 heterocycles. The number of hydrogen-bond acceptors (Lipinski definition) is 3. The van der Waals surface area contributed by atoms with Gasteiger partial charge in [0, 0.05) is 17.4 Å². The fraction of sp³-hybridized carbons (Fsp3) is 0.294. The van der Waals surface area contributed by atoms with E-state index >= 15 is 0 Å². The number of nitrogens with one attached hydrogen (secondary N) is 1. The molecule has 0 saturated carbocycles. The van der Waals surface area contributed by atoms with E-state index in [-0.39, 0.29) is 0 Å². The molecule has 2 aromatic rings. The third-order valence-corrected chi connectivity index (χ3v) is 3.16. The van der Waals surface area contributed by atoms with Crippen molar-refractivity contribution in [3.8, 4) is 5.88 Å². The predicted molar refractivity (Wildman–Crippen MR) is 90.2 cm³/mol. The van der Waals surface area contributed by atoms with Crippen LogP contribution in [0.1, 0.15) is 25.0 Å². The van der Waals surface area contributed by atoms with Crippen molar-refractivity contribution in [2.75, 3.05) is 11.9 Å². The second-order valence-electron chi connectivity index (χ2n) is 4.78. The summed E-state index contributed by atoms with van der Waals surface area (Å²) in [7, 11) is 0. The van der Waals surface area contributed by atoms with Crippen LogP contribution in [0.3, 0.4) is 0 Å². The van der Waals surface area contributed by atoms with Crippen molar-refractivity contribution in [3.63, 3.8) is 0 Å². The van der Waals surface area contributed by atoms with Gasteiger partial charge in [-0.2, -0.15) is 0 Å². The van der Waals surface area contributed by atoms with E-state index in [2.05, 4.69) is 34.3 Å². The minimum Gasteiger partial charge on any atom is -0.478 e.